The van der Waals surface area contributed by atoms with Crippen LogP contribution in [0.15, 0.2) is 6.33 Å². The van der Waals surface area contributed by atoms with Gasteiger partial charge in [-0.25, -0.2) is 0 Å². The molecule has 0 aliphatic carbocycles. The Morgan fingerprint density at radius 2 is 2.43 bits per heavy atom. The highest BCUT2D eigenvalue weighted by molar-refractivity contribution is 7.99. The van der Waals surface area contributed by atoms with Crippen LogP contribution in [0.25, 0.3) is 0 Å². The monoisotopic (exact) mass is 214 g/mol. The summed E-state index contributed by atoms with van der Waals surface area (Å²) in [5, 5.41) is 11.2. The Labute approximate surface area is 89.5 Å². The minimum atomic E-state index is 0.813. The van der Waals surface area contributed by atoms with Gasteiger partial charge < -0.3 is 9.88 Å². The number of thioether (sulfide) groups is 1. The normalized spacial score (nSPS) is 10.7. The highest BCUT2D eigenvalue weighted by Gasteiger charge is 1.98. The Morgan fingerprint density at radius 3 is 3.07 bits per heavy atom. The summed E-state index contributed by atoms with van der Waals surface area (Å²) in [6.45, 7) is 4.06. The molecular weight excluding hydrogens is 196 g/mol. The zero-order chi connectivity index (χ0) is 10.2. The Morgan fingerprint density at radius 1 is 1.57 bits per heavy atom. The molecule has 80 valence electrons. The van der Waals surface area contributed by atoms with Crippen molar-refractivity contribution < 1.29 is 0 Å². The van der Waals surface area contributed by atoms with Crippen LogP contribution in [0, 0.1) is 0 Å². The molecule has 0 saturated heterocycles. The SMILES string of the molecule is CCSCCCNCc1nncn1C. The van der Waals surface area contributed by atoms with Gasteiger partial charge in [-0.3, -0.25) is 0 Å². The van der Waals surface area contributed by atoms with Crippen molar-refractivity contribution in [3.8, 4) is 0 Å². The number of hydrogen-bond acceptors (Lipinski definition) is 4. The molecule has 1 heterocycles. The van der Waals surface area contributed by atoms with Crippen LogP contribution in [0.5, 0.6) is 0 Å². The number of aromatic nitrogens is 3. The van der Waals surface area contributed by atoms with Gasteiger partial charge in [0, 0.05) is 7.05 Å². The quantitative estimate of drug-likeness (QED) is 0.689. The third kappa shape index (κ3) is 4.11. The van der Waals surface area contributed by atoms with E-state index in [0.29, 0.717) is 0 Å². The highest BCUT2D eigenvalue weighted by Crippen LogP contribution is 1.99. The van der Waals surface area contributed by atoms with Gasteiger partial charge in [0.2, 0.25) is 0 Å². The summed E-state index contributed by atoms with van der Waals surface area (Å²) in [5.74, 6) is 3.44. The molecule has 0 aliphatic rings. The molecule has 0 atom stereocenters. The van der Waals surface area contributed by atoms with E-state index in [1.54, 1.807) is 6.33 Å². The molecule has 0 saturated carbocycles. The van der Waals surface area contributed by atoms with E-state index < -0.39 is 0 Å². The minimum Gasteiger partial charge on any atom is -0.320 e. The van der Waals surface area contributed by atoms with Crippen LogP contribution in [0.2, 0.25) is 0 Å². The van der Waals surface area contributed by atoms with E-state index in [1.807, 2.05) is 23.4 Å². The van der Waals surface area contributed by atoms with E-state index in [9.17, 15) is 0 Å². The summed E-state index contributed by atoms with van der Waals surface area (Å²) in [7, 11) is 1.96. The molecule has 0 unspecified atom stereocenters. The van der Waals surface area contributed by atoms with E-state index in [1.165, 1.54) is 17.9 Å². The average Bonchev–Trinajstić information content (AvgIpc) is 2.58. The minimum absolute atomic E-state index is 0.813. The van der Waals surface area contributed by atoms with Gasteiger partial charge in [-0.05, 0) is 24.5 Å². The Balaban J connectivity index is 2.02. The van der Waals surface area contributed by atoms with Crippen molar-refractivity contribution >= 4 is 11.8 Å². The summed E-state index contributed by atoms with van der Waals surface area (Å²) in [6, 6.07) is 0. The van der Waals surface area contributed by atoms with Crippen molar-refractivity contribution in [1.29, 1.82) is 0 Å². The lowest BCUT2D eigenvalue weighted by Crippen LogP contribution is -2.17. The second-order valence-electron chi connectivity index (χ2n) is 3.09. The highest BCUT2D eigenvalue weighted by atomic mass is 32.2. The molecular formula is C9H18N4S. The van der Waals surface area contributed by atoms with Crippen LogP contribution >= 0.6 is 11.8 Å². The van der Waals surface area contributed by atoms with Crippen molar-refractivity contribution in [3.63, 3.8) is 0 Å². The fraction of sp³-hybridized carbons (Fsp3) is 0.778. The van der Waals surface area contributed by atoms with Gasteiger partial charge in [0.25, 0.3) is 0 Å². The van der Waals surface area contributed by atoms with E-state index in [2.05, 4.69) is 22.4 Å². The third-order valence-corrected chi connectivity index (χ3v) is 2.92. The second-order valence-corrected chi connectivity index (χ2v) is 4.48. The fourth-order valence-corrected chi connectivity index (χ4v) is 1.75. The number of rotatable bonds is 7. The third-order valence-electron chi connectivity index (χ3n) is 1.93. The van der Waals surface area contributed by atoms with E-state index in [4.69, 9.17) is 0 Å². The van der Waals surface area contributed by atoms with Crippen molar-refractivity contribution in [2.24, 2.45) is 7.05 Å². The van der Waals surface area contributed by atoms with E-state index >= 15 is 0 Å². The summed E-state index contributed by atoms with van der Waals surface area (Å²) in [6.07, 6.45) is 2.94. The maximum absolute atomic E-state index is 3.99. The van der Waals surface area contributed by atoms with E-state index in [-0.39, 0.29) is 0 Å². The lowest BCUT2D eigenvalue weighted by atomic mass is 10.4. The van der Waals surface area contributed by atoms with Crippen molar-refractivity contribution in [3.05, 3.63) is 12.2 Å². The molecule has 0 bridgehead atoms. The molecule has 14 heavy (non-hydrogen) atoms. The van der Waals surface area contributed by atoms with Crippen LogP contribution in [0.3, 0.4) is 0 Å². The molecule has 0 spiro atoms. The largest absolute Gasteiger partial charge is 0.320 e. The molecule has 0 aliphatic heterocycles. The molecule has 0 aromatic carbocycles. The Hall–Kier alpha value is -0.550. The summed E-state index contributed by atoms with van der Waals surface area (Å²) in [5.41, 5.74) is 0. The average molecular weight is 214 g/mol. The first-order valence-corrected chi connectivity index (χ1v) is 6.11. The summed E-state index contributed by atoms with van der Waals surface area (Å²) >= 11 is 1.99. The van der Waals surface area contributed by atoms with Crippen LogP contribution in [-0.2, 0) is 13.6 Å². The number of aryl methyl sites for hydroxylation is 1. The molecule has 0 fully saturated rings. The van der Waals surface area contributed by atoms with Crippen LogP contribution in [-0.4, -0.2) is 32.8 Å². The first-order chi connectivity index (χ1) is 6.84. The van der Waals surface area contributed by atoms with Gasteiger partial charge in [0.15, 0.2) is 0 Å². The van der Waals surface area contributed by atoms with Gasteiger partial charge >= 0.3 is 0 Å². The molecule has 1 N–H and O–H groups in total. The standard InChI is InChI=1S/C9H18N4S/c1-3-14-6-4-5-10-7-9-12-11-8-13(9)2/h8,10H,3-7H2,1-2H3. The molecule has 1 aromatic rings. The van der Waals surface area contributed by atoms with Crippen LogP contribution in [0.1, 0.15) is 19.2 Å². The first kappa shape index (κ1) is 11.5. The van der Waals surface area contributed by atoms with Crippen molar-refractivity contribution in [1.82, 2.24) is 20.1 Å². The second kappa shape index (κ2) is 6.84. The predicted octanol–water partition coefficient (Wildman–Crippen LogP) is 1.05. The molecule has 0 amide bonds. The molecule has 0 radical (unpaired) electrons. The predicted molar refractivity (Wildman–Crippen MR) is 60.3 cm³/mol. The fourth-order valence-electron chi connectivity index (χ4n) is 1.11. The number of hydrogen-bond donors (Lipinski definition) is 1. The lowest BCUT2D eigenvalue weighted by Gasteiger charge is -2.03. The van der Waals surface area contributed by atoms with E-state index in [0.717, 1.165) is 18.9 Å². The maximum atomic E-state index is 3.99. The van der Waals surface area contributed by atoms with Gasteiger partial charge in [0.1, 0.15) is 12.2 Å². The smallest absolute Gasteiger partial charge is 0.146 e. The zero-order valence-electron chi connectivity index (χ0n) is 8.86. The van der Waals surface area contributed by atoms with Gasteiger partial charge in [-0.2, -0.15) is 11.8 Å². The zero-order valence-corrected chi connectivity index (χ0v) is 9.68. The van der Waals surface area contributed by atoms with Crippen molar-refractivity contribution in [2.45, 2.75) is 19.9 Å². The Kier molecular flexibility index (Phi) is 5.63. The first-order valence-electron chi connectivity index (χ1n) is 4.96. The Bertz CT molecular complexity index is 249. The van der Waals surface area contributed by atoms with Crippen LogP contribution in [0.4, 0.5) is 0 Å². The topological polar surface area (TPSA) is 42.7 Å². The molecule has 1 rings (SSSR count). The van der Waals surface area contributed by atoms with Gasteiger partial charge in [-0.1, -0.05) is 6.92 Å². The van der Waals surface area contributed by atoms with Gasteiger partial charge in [0.05, 0.1) is 6.54 Å². The summed E-state index contributed by atoms with van der Waals surface area (Å²) < 4.78 is 1.94. The number of nitrogens with zero attached hydrogens (tertiary/aromatic N) is 3. The lowest BCUT2D eigenvalue weighted by molar-refractivity contribution is 0.631. The van der Waals surface area contributed by atoms with Gasteiger partial charge in [-0.15, -0.1) is 10.2 Å². The molecule has 5 heteroatoms. The number of nitrogens with one attached hydrogen (secondary N) is 1. The van der Waals surface area contributed by atoms with Crippen molar-refractivity contribution in [2.75, 3.05) is 18.1 Å². The summed E-state index contributed by atoms with van der Waals surface area (Å²) in [4.78, 5) is 0. The molecule has 4 nitrogen and oxygen atoms in total. The maximum Gasteiger partial charge on any atom is 0.146 e. The molecule has 1 aromatic heterocycles. The van der Waals surface area contributed by atoms with Crippen LogP contribution < -0.4 is 5.32 Å².